The van der Waals surface area contributed by atoms with Crippen LogP contribution in [0.4, 0.5) is 5.69 Å². The Morgan fingerprint density at radius 3 is 2.69 bits per heavy atom. The van der Waals surface area contributed by atoms with Gasteiger partial charge in [-0.25, -0.2) is 0 Å². The van der Waals surface area contributed by atoms with Gasteiger partial charge in [0.2, 0.25) is 0 Å². The molecule has 0 aliphatic heterocycles. The maximum absolute atomic E-state index is 10.8. The lowest BCUT2D eigenvalue weighted by atomic mass is 10.00. The van der Waals surface area contributed by atoms with Gasteiger partial charge in [-0.15, -0.1) is 0 Å². The number of rotatable bonds is 6. The van der Waals surface area contributed by atoms with E-state index in [1.54, 1.807) is 12.1 Å². The van der Waals surface area contributed by atoms with Crippen LogP contribution < -0.4 is 0 Å². The third kappa shape index (κ3) is 5.02. The zero-order chi connectivity index (χ0) is 18.4. The molecule has 2 aromatic carbocycles. The van der Waals surface area contributed by atoms with Crippen LogP contribution in [-0.2, 0) is 19.4 Å². The lowest BCUT2D eigenvalue weighted by Crippen LogP contribution is -2.17. The van der Waals surface area contributed by atoms with Gasteiger partial charge in [-0.1, -0.05) is 48.9 Å². The van der Waals surface area contributed by atoms with E-state index in [9.17, 15) is 10.1 Å². The number of aryl methyl sites for hydroxylation is 2. The molecule has 0 spiro atoms. The van der Waals surface area contributed by atoms with Gasteiger partial charge >= 0.3 is 0 Å². The first-order chi connectivity index (χ1) is 12.6. The van der Waals surface area contributed by atoms with Gasteiger partial charge in [-0.2, -0.15) is 0 Å². The minimum absolute atomic E-state index is 0.130. The molecule has 1 aliphatic rings. The van der Waals surface area contributed by atoms with Crippen LogP contribution in [0.5, 0.6) is 0 Å². The van der Waals surface area contributed by atoms with Crippen molar-refractivity contribution in [1.82, 2.24) is 4.90 Å². The minimum Gasteiger partial charge on any atom is -0.298 e. The van der Waals surface area contributed by atoms with Crippen LogP contribution >= 0.6 is 0 Å². The molecule has 0 radical (unpaired) electrons. The second-order valence-electron chi connectivity index (χ2n) is 7.11. The Morgan fingerprint density at radius 1 is 1.08 bits per heavy atom. The van der Waals surface area contributed by atoms with Gasteiger partial charge in [0, 0.05) is 25.2 Å². The van der Waals surface area contributed by atoms with E-state index in [-0.39, 0.29) is 10.6 Å². The standard InChI is InChI=1S/C22H26N2O2/c1-23(14-6-8-18-7-5-11-22(16-18)24(25)26)17-19-12-13-20-9-3-2-4-10-21(20)15-19/h5-8,11-13,15-16H,2-4,9-10,14,17H2,1H3/b8-6+. The van der Waals surface area contributed by atoms with Crippen molar-refractivity contribution in [1.29, 1.82) is 0 Å². The summed E-state index contributed by atoms with van der Waals surface area (Å²) in [6.07, 6.45) is 10.4. The first-order valence-electron chi connectivity index (χ1n) is 9.32. The second-order valence-corrected chi connectivity index (χ2v) is 7.11. The molecule has 26 heavy (non-hydrogen) atoms. The monoisotopic (exact) mass is 350 g/mol. The molecule has 2 aromatic rings. The summed E-state index contributed by atoms with van der Waals surface area (Å²) in [7, 11) is 2.10. The molecule has 4 nitrogen and oxygen atoms in total. The highest BCUT2D eigenvalue weighted by Gasteiger charge is 2.09. The molecule has 0 saturated heterocycles. The highest BCUT2D eigenvalue weighted by Crippen LogP contribution is 2.22. The van der Waals surface area contributed by atoms with Crippen LogP contribution in [0.1, 0.15) is 41.5 Å². The molecule has 0 fully saturated rings. The fourth-order valence-electron chi connectivity index (χ4n) is 3.55. The van der Waals surface area contributed by atoms with Gasteiger partial charge in [0.15, 0.2) is 0 Å². The quantitative estimate of drug-likeness (QED) is 0.418. The molecule has 136 valence electrons. The topological polar surface area (TPSA) is 46.4 Å². The van der Waals surface area contributed by atoms with E-state index < -0.39 is 0 Å². The Kier molecular flexibility index (Phi) is 6.18. The summed E-state index contributed by atoms with van der Waals surface area (Å²) in [4.78, 5) is 12.7. The van der Waals surface area contributed by atoms with E-state index >= 15 is 0 Å². The van der Waals surface area contributed by atoms with E-state index in [1.165, 1.54) is 54.9 Å². The Bertz CT molecular complexity index is 798. The van der Waals surface area contributed by atoms with Crippen LogP contribution in [0.3, 0.4) is 0 Å². The van der Waals surface area contributed by atoms with Crippen LogP contribution in [0.15, 0.2) is 48.5 Å². The smallest absolute Gasteiger partial charge is 0.270 e. The third-order valence-corrected chi connectivity index (χ3v) is 4.92. The van der Waals surface area contributed by atoms with Gasteiger partial charge in [0.1, 0.15) is 0 Å². The summed E-state index contributed by atoms with van der Waals surface area (Å²) in [5.41, 5.74) is 5.40. The minimum atomic E-state index is -0.359. The number of non-ortho nitro benzene ring substituents is 1. The molecule has 0 heterocycles. The molecule has 0 bridgehead atoms. The van der Waals surface area contributed by atoms with E-state index in [0.717, 1.165) is 18.7 Å². The van der Waals surface area contributed by atoms with Gasteiger partial charge in [-0.3, -0.25) is 15.0 Å². The normalized spacial score (nSPS) is 14.4. The average molecular weight is 350 g/mol. The van der Waals surface area contributed by atoms with E-state index in [4.69, 9.17) is 0 Å². The molecule has 0 aromatic heterocycles. The number of nitro groups is 1. The maximum atomic E-state index is 10.8. The van der Waals surface area contributed by atoms with Crippen LogP contribution in [-0.4, -0.2) is 23.4 Å². The molecule has 0 N–H and O–H groups in total. The lowest BCUT2D eigenvalue weighted by molar-refractivity contribution is -0.384. The van der Waals surface area contributed by atoms with Crippen molar-refractivity contribution in [2.24, 2.45) is 0 Å². The summed E-state index contributed by atoms with van der Waals surface area (Å²) >= 11 is 0. The predicted molar refractivity (Wildman–Crippen MR) is 106 cm³/mol. The number of nitrogens with zero attached hydrogens (tertiary/aromatic N) is 2. The Morgan fingerprint density at radius 2 is 1.88 bits per heavy atom. The maximum Gasteiger partial charge on any atom is 0.270 e. The molecule has 0 amide bonds. The zero-order valence-electron chi connectivity index (χ0n) is 15.4. The van der Waals surface area contributed by atoms with E-state index in [2.05, 4.69) is 36.2 Å². The molecule has 1 aliphatic carbocycles. The Labute approximate surface area is 155 Å². The SMILES string of the molecule is CN(C/C=C/c1cccc([N+](=O)[O-])c1)Cc1ccc2c(c1)CCCCC2. The van der Waals surface area contributed by atoms with Gasteiger partial charge in [0.05, 0.1) is 4.92 Å². The molecular weight excluding hydrogens is 324 g/mol. The summed E-state index contributed by atoms with van der Waals surface area (Å²) in [5, 5.41) is 10.8. The number of nitro benzene ring substituents is 1. The number of likely N-dealkylation sites (N-methyl/N-ethyl adjacent to an activating group) is 1. The van der Waals surface area contributed by atoms with Crippen molar-refractivity contribution in [2.45, 2.75) is 38.6 Å². The number of fused-ring (bicyclic) bond motifs is 1. The molecule has 0 unspecified atom stereocenters. The van der Waals surface area contributed by atoms with Crippen molar-refractivity contribution in [3.63, 3.8) is 0 Å². The fraction of sp³-hybridized carbons (Fsp3) is 0.364. The summed E-state index contributed by atoms with van der Waals surface area (Å²) < 4.78 is 0. The highest BCUT2D eigenvalue weighted by atomic mass is 16.6. The molecule has 0 saturated carbocycles. The van der Waals surface area contributed by atoms with Crippen LogP contribution in [0, 0.1) is 10.1 Å². The van der Waals surface area contributed by atoms with Gasteiger partial charge in [-0.05, 0) is 55.0 Å². The summed E-state index contributed by atoms with van der Waals surface area (Å²) in [6, 6.07) is 13.7. The van der Waals surface area contributed by atoms with Crippen molar-refractivity contribution in [3.05, 3.63) is 80.9 Å². The van der Waals surface area contributed by atoms with Gasteiger partial charge < -0.3 is 0 Å². The fourth-order valence-corrected chi connectivity index (χ4v) is 3.55. The first kappa shape index (κ1) is 18.3. The largest absolute Gasteiger partial charge is 0.298 e. The molecule has 3 rings (SSSR count). The number of hydrogen-bond donors (Lipinski definition) is 0. The second kappa shape index (κ2) is 8.77. The first-order valence-corrected chi connectivity index (χ1v) is 9.32. The molecule has 4 heteroatoms. The number of hydrogen-bond acceptors (Lipinski definition) is 3. The lowest BCUT2D eigenvalue weighted by Gasteiger charge is -2.16. The van der Waals surface area contributed by atoms with Crippen molar-refractivity contribution < 1.29 is 4.92 Å². The average Bonchev–Trinajstić information content (AvgIpc) is 2.87. The Balaban J connectivity index is 1.57. The van der Waals surface area contributed by atoms with Crippen molar-refractivity contribution >= 4 is 11.8 Å². The zero-order valence-corrected chi connectivity index (χ0v) is 15.4. The van der Waals surface area contributed by atoms with Crippen molar-refractivity contribution in [3.8, 4) is 0 Å². The third-order valence-electron chi connectivity index (χ3n) is 4.92. The number of benzene rings is 2. The van der Waals surface area contributed by atoms with E-state index in [0.29, 0.717) is 0 Å². The predicted octanol–water partition coefficient (Wildman–Crippen LogP) is 5.01. The highest BCUT2D eigenvalue weighted by molar-refractivity contribution is 5.53. The molecular formula is C22H26N2O2. The summed E-state index contributed by atoms with van der Waals surface area (Å²) in [6.45, 7) is 1.71. The Hall–Kier alpha value is -2.46. The van der Waals surface area contributed by atoms with Crippen LogP contribution in [0.2, 0.25) is 0 Å². The molecule has 0 atom stereocenters. The van der Waals surface area contributed by atoms with Crippen LogP contribution in [0.25, 0.3) is 6.08 Å². The summed E-state index contributed by atoms with van der Waals surface area (Å²) in [5.74, 6) is 0. The van der Waals surface area contributed by atoms with E-state index in [1.807, 2.05) is 12.1 Å². The van der Waals surface area contributed by atoms with Gasteiger partial charge in [0.25, 0.3) is 5.69 Å². The van der Waals surface area contributed by atoms with Crippen molar-refractivity contribution in [2.75, 3.05) is 13.6 Å².